The number of halogens is 1. The molecule has 5 nitrogen and oxygen atoms in total. The highest BCUT2D eigenvalue weighted by molar-refractivity contribution is 6.31. The molecule has 3 aromatic rings. The van der Waals surface area contributed by atoms with E-state index in [9.17, 15) is 4.79 Å². The van der Waals surface area contributed by atoms with Crippen molar-refractivity contribution in [2.45, 2.75) is 13.0 Å². The molecule has 0 bridgehead atoms. The first-order valence-corrected chi connectivity index (χ1v) is 8.71. The number of aromatic nitrogens is 2. The van der Waals surface area contributed by atoms with Crippen LogP contribution in [0, 0.1) is 0 Å². The van der Waals surface area contributed by atoms with Gasteiger partial charge in [-0.25, -0.2) is 9.97 Å². The van der Waals surface area contributed by atoms with Gasteiger partial charge in [0, 0.05) is 24.2 Å². The Balaban J connectivity index is 1.54. The summed E-state index contributed by atoms with van der Waals surface area (Å²) in [5.41, 5.74) is 2.42. The molecule has 132 valence electrons. The number of carbonyl (C=O) groups excluding carboxylic acids is 1. The number of anilines is 1. The number of benzene rings is 2. The first kappa shape index (κ1) is 17.9. The number of rotatable bonds is 7. The molecule has 0 fully saturated rings. The van der Waals surface area contributed by atoms with Gasteiger partial charge < -0.3 is 10.6 Å². The Morgan fingerprint density at radius 2 is 1.77 bits per heavy atom. The Morgan fingerprint density at radius 3 is 2.58 bits per heavy atom. The van der Waals surface area contributed by atoms with Crippen LogP contribution in [0.5, 0.6) is 0 Å². The fourth-order valence-corrected chi connectivity index (χ4v) is 2.67. The number of nitrogens with zero attached hydrogens (tertiary/aromatic N) is 2. The highest BCUT2D eigenvalue weighted by Gasteiger charge is 2.09. The lowest BCUT2D eigenvalue weighted by atomic mass is 10.1. The second-order valence-electron chi connectivity index (χ2n) is 5.72. The van der Waals surface area contributed by atoms with Gasteiger partial charge in [0.15, 0.2) is 0 Å². The van der Waals surface area contributed by atoms with Gasteiger partial charge in [0.2, 0.25) is 0 Å². The topological polar surface area (TPSA) is 66.9 Å². The smallest absolute Gasteiger partial charge is 0.270 e. The summed E-state index contributed by atoms with van der Waals surface area (Å²) in [5.74, 6) is 0.359. The molecule has 0 radical (unpaired) electrons. The molecule has 26 heavy (non-hydrogen) atoms. The molecule has 0 atom stereocenters. The molecule has 2 N–H and O–H groups in total. The van der Waals surface area contributed by atoms with Crippen molar-refractivity contribution in [3.8, 4) is 0 Å². The van der Waals surface area contributed by atoms with Crippen LogP contribution in [-0.4, -0.2) is 22.4 Å². The van der Waals surface area contributed by atoms with Crippen LogP contribution in [0.15, 0.2) is 67.0 Å². The molecule has 2 aromatic carbocycles. The first-order chi connectivity index (χ1) is 12.7. The number of hydrogen-bond acceptors (Lipinski definition) is 4. The summed E-state index contributed by atoms with van der Waals surface area (Å²) in [5, 5.41) is 6.67. The predicted molar refractivity (Wildman–Crippen MR) is 103 cm³/mol. The van der Waals surface area contributed by atoms with Gasteiger partial charge in [0.05, 0.1) is 0 Å². The van der Waals surface area contributed by atoms with Crippen LogP contribution in [0.3, 0.4) is 0 Å². The van der Waals surface area contributed by atoms with Crippen LogP contribution in [0.2, 0.25) is 5.02 Å². The third-order valence-corrected chi connectivity index (χ3v) is 4.23. The van der Waals surface area contributed by atoms with Crippen molar-refractivity contribution in [2.24, 2.45) is 0 Å². The molecule has 0 spiro atoms. The quantitative estimate of drug-likeness (QED) is 0.668. The van der Waals surface area contributed by atoms with Gasteiger partial charge in [-0.1, -0.05) is 60.1 Å². The maximum Gasteiger partial charge on any atom is 0.270 e. The normalized spacial score (nSPS) is 10.3. The van der Waals surface area contributed by atoms with Gasteiger partial charge in [-0.15, -0.1) is 0 Å². The second-order valence-corrected chi connectivity index (χ2v) is 6.13. The predicted octanol–water partition coefficient (Wildman–Crippen LogP) is 3.71. The van der Waals surface area contributed by atoms with Crippen LogP contribution in [0.1, 0.15) is 21.6 Å². The van der Waals surface area contributed by atoms with E-state index < -0.39 is 0 Å². The largest absolute Gasteiger partial charge is 0.370 e. The monoisotopic (exact) mass is 366 g/mol. The zero-order chi connectivity index (χ0) is 18.2. The molecule has 6 heteroatoms. The third kappa shape index (κ3) is 5.04. The van der Waals surface area contributed by atoms with E-state index in [2.05, 4.69) is 32.7 Å². The molecule has 0 aliphatic rings. The summed E-state index contributed by atoms with van der Waals surface area (Å²) in [7, 11) is 0. The molecule has 0 aliphatic carbocycles. The minimum Gasteiger partial charge on any atom is -0.370 e. The van der Waals surface area contributed by atoms with Gasteiger partial charge in [0.1, 0.15) is 17.8 Å². The van der Waals surface area contributed by atoms with Crippen LogP contribution in [0.4, 0.5) is 5.82 Å². The zero-order valence-corrected chi connectivity index (χ0v) is 14.9. The van der Waals surface area contributed by atoms with Crippen molar-refractivity contribution in [3.63, 3.8) is 0 Å². The maximum atomic E-state index is 12.3. The maximum absolute atomic E-state index is 12.3. The minimum absolute atomic E-state index is 0.265. The third-order valence-electron chi connectivity index (χ3n) is 3.86. The lowest BCUT2D eigenvalue weighted by Crippen LogP contribution is -2.24. The Kier molecular flexibility index (Phi) is 6.17. The summed E-state index contributed by atoms with van der Waals surface area (Å²) >= 11 is 6.10. The molecule has 1 aromatic heterocycles. The Hall–Kier alpha value is -2.92. The van der Waals surface area contributed by atoms with Crippen LogP contribution in [-0.2, 0) is 13.0 Å². The van der Waals surface area contributed by atoms with Crippen LogP contribution in [0.25, 0.3) is 0 Å². The zero-order valence-electron chi connectivity index (χ0n) is 14.2. The number of amides is 1. The van der Waals surface area contributed by atoms with E-state index in [-0.39, 0.29) is 5.91 Å². The summed E-state index contributed by atoms with van der Waals surface area (Å²) in [6.07, 6.45) is 2.26. The number of hydrogen-bond donors (Lipinski definition) is 2. The second kappa shape index (κ2) is 8.97. The van der Waals surface area contributed by atoms with E-state index in [0.717, 1.165) is 18.5 Å². The average molecular weight is 367 g/mol. The Labute approximate surface area is 157 Å². The van der Waals surface area contributed by atoms with E-state index in [1.54, 1.807) is 12.1 Å². The van der Waals surface area contributed by atoms with E-state index in [1.165, 1.54) is 11.9 Å². The van der Waals surface area contributed by atoms with Crippen molar-refractivity contribution in [1.82, 2.24) is 15.3 Å². The minimum atomic E-state index is -0.265. The molecule has 1 heterocycles. The molecule has 1 amide bonds. The van der Waals surface area contributed by atoms with Crippen molar-refractivity contribution in [3.05, 3.63) is 88.8 Å². The SMILES string of the molecule is O=C(NCc1ccccc1Cl)c1cc(NCCc2ccccc2)ncn1. The standard InChI is InChI=1S/C20H19ClN4O/c21-17-9-5-4-8-16(17)13-23-20(26)18-12-19(25-14-24-18)22-11-10-15-6-2-1-3-7-15/h1-9,12,14H,10-11,13H2,(H,23,26)(H,22,24,25). The highest BCUT2D eigenvalue weighted by Crippen LogP contribution is 2.14. The van der Waals surface area contributed by atoms with Crippen molar-refractivity contribution in [1.29, 1.82) is 0 Å². The lowest BCUT2D eigenvalue weighted by molar-refractivity contribution is 0.0946. The van der Waals surface area contributed by atoms with E-state index in [0.29, 0.717) is 23.1 Å². The van der Waals surface area contributed by atoms with Crippen molar-refractivity contribution >= 4 is 23.3 Å². The lowest BCUT2D eigenvalue weighted by Gasteiger charge is -2.08. The molecule has 0 unspecified atom stereocenters. The Bertz CT molecular complexity index is 870. The highest BCUT2D eigenvalue weighted by atomic mass is 35.5. The van der Waals surface area contributed by atoms with Crippen molar-refractivity contribution < 1.29 is 4.79 Å². The summed E-state index contributed by atoms with van der Waals surface area (Å²) in [6, 6.07) is 19.2. The first-order valence-electron chi connectivity index (χ1n) is 8.34. The molecular formula is C20H19ClN4O. The molecular weight excluding hydrogens is 348 g/mol. The molecule has 3 rings (SSSR count). The summed E-state index contributed by atoms with van der Waals surface area (Å²) in [4.78, 5) is 20.5. The van der Waals surface area contributed by atoms with E-state index >= 15 is 0 Å². The fraction of sp³-hybridized carbons (Fsp3) is 0.150. The molecule has 0 aliphatic heterocycles. The molecule has 0 saturated heterocycles. The van der Waals surface area contributed by atoms with Crippen LogP contribution < -0.4 is 10.6 Å². The Morgan fingerprint density at radius 1 is 1.00 bits per heavy atom. The van der Waals surface area contributed by atoms with Crippen molar-refractivity contribution in [2.75, 3.05) is 11.9 Å². The van der Waals surface area contributed by atoms with Gasteiger partial charge >= 0.3 is 0 Å². The number of carbonyl (C=O) groups is 1. The van der Waals surface area contributed by atoms with Gasteiger partial charge in [-0.05, 0) is 23.6 Å². The van der Waals surface area contributed by atoms with Gasteiger partial charge in [-0.3, -0.25) is 4.79 Å². The van der Waals surface area contributed by atoms with Gasteiger partial charge in [0.25, 0.3) is 5.91 Å². The average Bonchev–Trinajstić information content (AvgIpc) is 2.68. The summed E-state index contributed by atoms with van der Waals surface area (Å²) in [6.45, 7) is 1.07. The fourth-order valence-electron chi connectivity index (χ4n) is 2.47. The number of nitrogens with one attached hydrogen (secondary N) is 2. The summed E-state index contributed by atoms with van der Waals surface area (Å²) < 4.78 is 0. The van der Waals surface area contributed by atoms with Gasteiger partial charge in [-0.2, -0.15) is 0 Å². The molecule has 0 saturated carbocycles. The van der Waals surface area contributed by atoms with E-state index in [4.69, 9.17) is 11.6 Å². The van der Waals surface area contributed by atoms with E-state index in [1.807, 2.05) is 36.4 Å². The van der Waals surface area contributed by atoms with Crippen LogP contribution >= 0.6 is 11.6 Å².